The molecule has 5 heteroatoms. The molecule has 2 aromatic carbocycles. The van der Waals surface area contributed by atoms with Crippen molar-refractivity contribution >= 4 is 15.7 Å². The number of benzene rings is 2. The van der Waals surface area contributed by atoms with E-state index in [2.05, 4.69) is 48.5 Å². The lowest BCUT2D eigenvalue weighted by atomic mass is 9.69. The molecule has 0 spiro atoms. The summed E-state index contributed by atoms with van der Waals surface area (Å²) >= 11 is 0. The van der Waals surface area contributed by atoms with Crippen molar-refractivity contribution in [2.45, 2.75) is 24.7 Å². The van der Waals surface area contributed by atoms with E-state index in [4.69, 9.17) is 0 Å². The fraction of sp³-hybridized carbons (Fsp3) is 0.348. The van der Waals surface area contributed by atoms with E-state index < -0.39 is 9.84 Å². The molecule has 2 aliphatic rings. The van der Waals surface area contributed by atoms with E-state index in [1.54, 1.807) is 6.08 Å². The third kappa shape index (κ3) is 3.76. The van der Waals surface area contributed by atoms with Crippen LogP contribution in [-0.4, -0.2) is 38.1 Å². The number of carbonyl (C=O) groups is 1. The Morgan fingerprint density at radius 3 is 2.14 bits per heavy atom. The summed E-state index contributed by atoms with van der Waals surface area (Å²) in [6.07, 6.45) is 3.84. The van der Waals surface area contributed by atoms with Crippen molar-refractivity contribution in [2.75, 3.05) is 18.8 Å². The number of nitrogens with zero attached hydrogens (tertiary/aromatic N) is 1. The van der Waals surface area contributed by atoms with Gasteiger partial charge in [-0.1, -0.05) is 66.7 Å². The van der Waals surface area contributed by atoms with Crippen LogP contribution in [0.2, 0.25) is 0 Å². The maximum absolute atomic E-state index is 13.0. The molecule has 0 aromatic heterocycles. The number of carbonyl (C=O) groups excluding carboxylic acids is 1. The van der Waals surface area contributed by atoms with Crippen LogP contribution in [0.5, 0.6) is 0 Å². The summed E-state index contributed by atoms with van der Waals surface area (Å²) in [7, 11) is -3.13. The van der Waals surface area contributed by atoms with Gasteiger partial charge >= 0.3 is 0 Å². The van der Waals surface area contributed by atoms with E-state index in [1.807, 2.05) is 17.0 Å². The Balaban J connectivity index is 1.60. The molecule has 4 nitrogen and oxygen atoms in total. The van der Waals surface area contributed by atoms with Crippen molar-refractivity contribution in [3.63, 3.8) is 0 Å². The van der Waals surface area contributed by atoms with Crippen LogP contribution in [0.15, 0.2) is 72.1 Å². The standard InChI is InChI=1S/C23H25NO3S/c25-22(16-19-12-15-28(26,27)17-19)24-14-7-13-23(18-24,20-8-3-1-4-9-20)21-10-5-2-6-11-21/h1-6,8-12,15,19H,7,13-14,16-18H2. The molecule has 4 rings (SSSR count). The van der Waals surface area contributed by atoms with Crippen LogP contribution < -0.4 is 0 Å². The summed E-state index contributed by atoms with van der Waals surface area (Å²) in [6.45, 7) is 1.35. The number of hydrogen-bond donors (Lipinski definition) is 0. The van der Waals surface area contributed by atoms with Crippen molar-refractivity contribution in [1.29, 1.82) is 0 Å². The Kier molecular flexibility index (Phi) is 5.11. The van der Waals surface area contributed by atoms with Crippen LogP contribution >= 0.6 is 0 Å². The van der Waals surface area contributed by atoms with Crippen LogP contribution in [0.1, 0.15) is 30.4 Å². The number of piperidine rings is 1. The summed E-state index contributed by atoms with van der Waals surface area (Å²) in [4.78, 5) is 14.9. The Morgan fingerprint density at radius 2 is 1.61 bits per heavy atom. The smallest absolute Gasteiger partial charge is 0.223 e. The van der Waals surface area contributed by atoms with Crippen molar-refractivity contribution in [2.24, 2.45) is 5.92 Å². The molecule has 1 amide bonds. The Hall–Kier alpha value is -2.40. The molecule has 1 fully saturated rings. The first kappa shape index (κ1) is 18.9. The van der Waals surface area contributed by atoms with Gasteiger partial charge in [-0.3, -0.25) is 4.79 Å². The highest BCUT2D eigenvalue weighted by molar-refractivity contribution is 7.94. The third-order valence-corrected chi connectivity index (χ3v) is 7.40. The molecule has 0 N–H and O–H groups in total. The van der Waals surface area contributed by atoms with Gasteiger partial charge in [0.2, 0.25) is 5.91 Å². The fourth-order valence-electron chi connectivity index (χ4n) is 4.54. The normalized spacial score (nSPS) is 22.9. The van der Waals surface area contributed by atoms with E-state index in [-0.39, 0.29) is 29.4 Å². The van der Waals surface area contributed by atoms with E-state index in [9.17, 15) is 13.2 Å². The van der Waals surface area contributed by atoms with Gasteiger partial charge in [-0.15, -0.1) is 0 Å². The van der Waals surface area contributed by atoms with Crippen molar-refractivity contribution < 1.29 is 13.2 Å². The van der Waals surface area contributed by atoms with Gasteiger partial charge in [0, 0.05) is 36.3 Å². The summed E-state index contributed by atoms with van der Waals surface area (Å²) in [5.74, 6) is -0.111. The number of rotatable bonds is 4. The second-order valence-electron chi connectivity index (χ2n) is 7.86. The second kappa shape index (κ2) is 7.55. The highest BCUT2D eigenvalue weighted by Crippen LogP contribution is 2.40. The highest BCUT2D eigenvalue weighted by Gasteiger charge is 2.40. The highest BCUT2D eigenvalue weighted by atomic mass is 32.2. The SMILES string of the molecule is O=C(CC1C=CS(=O)(=O)C1)N1CCCC(c2ccccc2)(c2ccccc2)C1. The monoisotopic (exact) mass is 395 g/mol. The average molecular weight is 396 g/mol. The van der Waals surface area contributed by atoms with Gasteiger partial charge in [0.1, 0.15) is 0 Å². The minimum atomic E-state index is -3.13. The van der Waals surface area contributed by atoms with E-state index >= 15 is 0 Å². The van der Waals surface area contributed by atoms with Crippen LogP contribution in [0.25, 0.3) is 0 Å². The predicted molar refractivity (Wildman–Crippen MR) is 111 cm³/mol. The van der Waals surface area contributed by atoms with E-state index in [0.29, 0.717) is 6.54 Å². The predicted octanol–water partition coefficient (Wildman–Crippen LogP) is 3.54. The molecule has 1 saturated heterocycles. The average Bonchev–Trinajstić information content (AvgIpc) is 3.07. The largest absolute Gasteiger partial charge is 0.341 e. The number of allylic oxidation sites excluding steroid dienone is 1. The molecule has 2 heterocycles. The summed E-state index contributed by atoms with van der Waals surface area (Å²) in [5, 5.41) is 1.25. The first-order valence-electron chi connectivity index (χ1n) is 9.78. The van der Waals surface area contributed by atoms with Gasteiger partial charge in [-0.25, -0.2) is 8.42 Å². The van der Waals surface area contributed by atoms with Crippen molar-refractivity contribution in [1.82, 2.24) is 4.90 Å². The van der Waals surface area contributed by atoms with Gasteiger partial charge in [-0.05, 0) is 24.0 Å². The third-order valence-electron chi connectivity index (χ3n) is 5.94. The fourth-order valence-corrected chi connectivity index (χ4v) is 5.94. The molecule has 28 heavy (non-hydrogen) atoms. The number of likely N-dealkylation sites (tertiary alicyclic amines) is 1. The van der Waals surface area contributed by atoms with Crippen molar-refractivity contribution in [3.8, 4) is 0 Å². The van der Waals surface area contributed by atoms with Crippen LogP contribution in [-0.2, 0) is 20.0 Å². The lowest BCUT2D eigenvalue weighted by Crippen LogP contribution is -2.49. The first-order chi connectivity index (χ1) is 13.5. The molecular formula is C23H25NO3S. The van der Waals surface area contributed by atoms with E-state index in [0.717, 1.165) is 19.4 Å². The van der Waals surface area contributed by atoms with Crippen molar-refractivity contribution in [3.05, 3.63) is 83.3 Å². The molecule has 1 unspecified atom stereocenters. The summed E-state index contributed by atoms with van der Waals surface area (Å²) in [6, 6.07) is 20.8. The summed E-state index contributed by atoms with van der Waals surface area (Å²) in [5.41, 5.74) is 2.22. The molecule has 0 saturated carbocycles. The first-order valence-corrected chi connectivity index (χ1v) is 11.5. The number of amides is 1. The molecule has 1 atom stereocenters. The zero-order chi connectivity index (χ0) is 19.6. The Morgan fingerprint density at radius 1 is 1.00 bits per heavy atom. The summed E-state index contributed by atoms with van der Waals surface area (Å²) < 4.78 is 23.3. The molecule has 2 aromatic rings. The van der Waals surface area contributed by atoms with Crippen LogP contribution in [0, 0.1) is 5.92 Å². The molecular weight excluding hydrogens is 370 g/mol. The lowest BCUT2D eigenvalue weighted by Gasteiger charge is -2.44. The zero-order valence-electron chi connectivity index (χ0n) is 15.8. The van der Waals surface area contributed by atoms with Crippen LogP contribution in [0.4, 0.5) is 0 Å². The second-order valence-corrected chi connectivity index (χ2v) is 9.79. The lowest BCUT2D eigenvalue weighted by molar-refractivity contribution is -0.133. The van der Waals surface area contributed by atoms with E-state index in [1.165, 1.54) is 16.5 Å². The van der Waals surface area contributed by atoms with Gasteiger partial charge in [-0.2, -0.15) is 0 Å². The maximum Gasteiger partial charge on any atom is 0.223 e. The Bertz CT molecular complexity index is 928. The Labute approximate surface area is 166 Å². The molecule has 0 bridgehead atoms. The van der Waals surface area contributed by atoms with Gasteiger partial charge in [0.25, 0.3) is 0 Å². The molecule has 0 radical (unpaired) electrons. The zero-order valence-corrected chi connectivity index (χ0v) is 16.6. The minimum absolute atomic E-state index is 0.0442. The van der Waals surface area contributed by atoms with Gasteiger partial charge < -0.3 is 4.90 Å². The van der Waals surface area contributed by atoms with Gasteiger partial charge in [0.15, 0.2) is 9.84 Å². The number of sulfone groups is 1. The quantitative estimate of drug-likeness (QED) is 0.796. The number of hydrogen-bond acceptors (Lipinski definition) is 3. The van der Waals surface area contributed by atoms with Gasteiger partial charge in [0.05, 0.1) is 5.75 Å². The maximum atomic E-state index is 13.0. The van der Waals surface area contributed by atoms with Crippen LogP contribution in [0.3, 0.4) is 0 Å². The molecule has 2 aliphatic heterocycles. The minimum Gasteiger partial charge on any atom is -0.341 e. The molecule has 146 valence electrons. The topological polar surface area (TPSA) is 54.5 Å². The molecule has 0 aliphatic carbocycles.